The summed E-state index contributed by atoms with van der Waals surface area (Å²) in [5, 5.41) is 2.64. The number of hydrogen-bond donors (Lipinski definition) is 0. The van der Waals surface area contributed by atoms with E-state index >= 15 is 0 Å². The predicted molar refractivity (Wildman–Crippen MR) is 85.7 cm³/mol. The largest absolute Gasteiger partial charge is 0.112 e. The third-order valence-corrected chi connectivity index (χ3v) is 6.26. The van der Waals surface area contributed by atoms with Crippen molar-refractivity contribution in [3.8, 4) is 0 Å². The van der Waals surface area contributed by atoms with Crippen LogP contribution in [0.25, 0.3) is 16.8 Å². The topological polar surface area (TPSA) is 0 Å². The molecule has 2 heteroatoms. The zero-order valence-corrected chi connectivity index (χ0v) is 12.8. The van der Waals surface area contributed by atoms with Crippen LogP contribution in [0, 0.1) is 11.8 Å². The Morgan fingerprint density at radius 1 is 1.05 bits per heavy atom. The van der Waals surface area contributed by atoms with Crippen LogP contribution in [0.5, 0.6) is 0 Å². The minimum atomic E-state index is -0.163. The van der Waals surface area contributed by atoms with E-state index in [0.29, 0.717) is 11.8 Å². The van der Waals surface area contributed by atoms with E-state index in [-0.39, 0.29) is 3.78 Å². The lowest BCUT2D eigenvalue weighted by Gasteiger charge is -2.43. The van der Waals surface area contributed by atoms with Gasteiger partial charge in [-0.3, -0.25) is 0 Å². The van der Waals surface area contributed by atoms with Crippen LogP contribution in [0.15, 0.2) is 48.0 Å². The molecule has 2 atom stereocenters. The highest BCUT2D eigenvalue weighted by atomic mass is 79.9. The molecule has 96 valence electrons. The van der Waals surface area contributed by atoms with Crippen LogP contribution in [0.4, 0.5) is 0 Å². The van der Waals surface area contributed by atoms with Gasteiger partial charge in [-0.25, -0.2) is 0 Å². The van der Waals surface area contributed by atoms with Gasteiger partial charge in [-0.15, -0.1) is 11.6 Å². The van der Waals surface area contributed by atoms with Crippen molar-refractivity contribution in [3.05, 3.63) is 53.6 Å². The molecule has 19 heavy (non-hydrogen) atoms. The Labute approximate surface area is 126 Å². The Kier molecular flexibility index (Phi) is 2.59. The Bertz CT molecular complexity index is 665. The van der Waals surface area contributed by atoms with Crippen molar-refractivity contribution in [1.82, 2.24) is 0 Å². The van der Waals surface area contributed by atoms with Crippen molar-refractivity contribution in [3.63, 3.8) is 0 Å². The van der Waals surface area contributed by atoms with Gasteiger partial charge < -0.3 is 0 Å². The van der Waals surface area contributed by atoms with Crippen molar-refractivity contribution in [1.29, 1.82) is 0 Å². The number of allylic oxidation sites excluding steroid dienone is 1. The van der Waals surface area contributed by atoms with E-state index in [2.05, 4.69) is 64.5 Å². The second-order valence-electron chi connectivity index (χ2n) is 5.57. The van der Waals surface area contributed by atoms with Gasteiger partial charge in [0.05, 0.1) is 0 Å². The molecule has 0 N–H and O–H groups in total. The van der Waals surface area contributed by atoms with E-state index in [1.54, 1.807) is 0 Å². The lowest BCUT2D eigenvalue weighted by molar-refractivity contribution is 0.430. The number of benzene rings is 2. The molecule has 0 spiro atoms. The zero-order chi connectivity index (χ0) is 13.0. The van der Waals surface area contributed by atoms with Crippen molar-refractivity contribution in [2.24, 2.45) is 11.8 Å². The second-order valence-corrected chi connectivity index (χ2v) is 7.96. The normalized spacial score (nSPS) is 32.4. The van der Waals surface area contributed by atoms with Gasteiger partial charge in [0.15, 0.2) is 0 Å². The monoisotopic (exact) mass is 332 g/mol. The molecule has 0 amide bonds. The van der Waals surface area contributed by atoms with Gasteiger partial charge in [0.25, 0.3) is 0 Å². The maximum absolute atomic E-state index is 6.52. The molecule has 2 unspecified atom stereocenters. The summed E-state index contributed by atoms with van der Waals surface area (Å²) in [7, 11) is 0. The smallest absolute Gasteiger partial charge is 0.105 e. The fourth-order valence-corrected chi connectivity index (χ4v) is 5.10. The molecule has 0 heterocycles. The molecule has 3 saturated carbocycles. The number of fused-ring (bicyclic) bond motifs is 2. The number of rotatable bonds is 1. The fraction of sp³-hybridized carbons (Fsp3) is 0.294. The minimum Gasteiger partial charge on any atom is -0.105 e. The van der Waals surface area contributed by atoms with E-state index in [1.165, 1.54) is 34.8 Å². The number of halogens is 2. The average molecular weight is 334 g/mol. The zero-order valence-electron chi connectivity index (χ0n) is 10.4. The molecule has 3 aliphatic carbocycles. The van der Waals surface area contributed by atoms with Crippen LogP contribution in [0.3, 0.4) is 0 Å². The molecule has 0 aromatic heterocycles. The van der Waals surface area contributed by atoms with Crippen LogP contribution in [0.1, 0.15) is 18.4 Å². The molecular weight excluding hydrogens is 320 g/mol. The van der Waals surface area contributed by atoms with Gasteiger partial charge in [-0.05, 0) is 29.2 Å². The van der Waals surface area contributed by atoms with Gasteiger partial charge in [0, 0.05) is 11.8 Å². The first-order valence-electron chi connectivity index (χ1n) is 6.75. The standard InChI is InChI=1S/C17H14BrCl/c18-17(19)15-8-9-16(17)14(15)10-12-6-3-5-11-4-1-2-7-13(11)12/h1-7,10,15-16H,8-9H2. The van der Waals surface area contributed by atoms with Gasteiger partial charge >= 0.3 is 0 Å². The number of alkyl halides is 2. The maximum atomic E-state index is 6.52. The lowest BCUT2D eigenvalue weighted by Crippen LogP contribution is -2.41. The second kappa shape index (κ2) is 4.10. The highest BCUT2D eigenvalue weighted by Crippen LogP contribution is 2.67. The van der Waals surface area contributed by atoms with Crippen molar-refractivity contribution < 1.29 is 0 Å². The Hall–Kier alpha value is -0.790. The molecule has 2 aromatic carbocycles. The molecule has 0 radical (unpaired) electrons. The van der Waals surface area contributed by atoms with E-state index in [0.717, 1.165) is 0 Å². The minimum absolute atomic E-state index is 0.163. The summed E-state index contributed by atoms with van der Waals surface area (Å²) in [6.07, 6.45) is 4.80. The van der Waals surface area contributed by atoms with Crippen molar-refractivity contribution in [2.75, 3.05) is 0 Å². The SMILES string of the molecule is ClC1(Br)C2CCC1C2=Cc1cccc2ccccc12. The third kappa shape index (κ3) is 1.64. The molecule has 3 fully saturated rings. The molecular formula is C17H14BrCl. The maximum Gasteiger partial charge on any atom is 0.112 e. The lowest BCUT2D eigenvalue weighted by atomic mass is 9.76. The molecule has 5 rings (SSSR count). The van der Waals surface area contributed by atoms with E-state index in [1.807, 2.05) is 0 Å². The predicted octanol–water partition coefficient (Wildman–Crippen LogP) is 5.59. The quantitative estimate of drug-likeness (QED) is 0.596. The van der Waals surface area contributed by atoms with Gasteiger partial charge in [0.2, 0.25) is 0 Å². The highest BCUT2D eigenvalue weighted by molar-refractivity contribution is 9.10. The van der Waals surface area contributed by atoms with E-state index in [9.17, 15) is 0 Å². The summed E-state index contributed by atoms with van der Waals surface area (Å²) in [6.45, 7) is 0. The average Bonchev–Trinajstić information content (AvgIpc) is 2.98. The van der Waals surface area contributed by atoms with Crippen LogP contribution in [0.2, 0.25) is 0 Å². The summed E-state index contributed by atoms with van der Waals surface area (Å²) in [5.74, 6) is 1.02. The van der Waals surface area contributed by atoms with Crippen molar-refractivity contribution >= 4 is 44.4 Å². The number of hydrogen-bond acceptors (Lipinski definition) is 0. The molecule has 3 aliphatic rings. The first-order chi connectivity index (χ1) is 9.18. The fourth-order valence-electron chi connectivity index (χ4n) is 3.64. The molecule has 0 aliphatic heterocycles. The van der Waals surface area contributed by atoms with Crippen LogP contribution in [-0.4, -0.2) is 3.78 Å². The molecule has 0 nitrogen and oxygen atoms in total. The molecule has 2 bridgehead atoms. The van der Waals surface area contributed by atoms with Gasteiger partial charge in [-0.1, -0.05) is 70.0 Å². The Morgan fingerprint density at radius 3 is 2.47 bits per heavy atom. The van der Waals surface area contributed by atoms with Gasteiger partial charge in [0.1, 0.15) is 3.78 Å². The first-order valence-corrected chi connectivity index (χ1v) is 7.92. The summed E-state index contributed by atoms with van der Waals surface area (Å²) in [6, 6.07) is 15.1. The highest BCUT2D eigenvalue weighted by Gasteiger charge is 2.60. The van der Waals surface area contributed by atoms with Crippen LogP contribution >= 0.6 is 27.5 Å². The summed E-state index contributed by atoms with van der Waals surface area (Å²) in [4.78, 5) is 0. The Morgan fingerprint density at radius 2 is 1.74 bits per heavy atom. The molecule has 0 saturated heterocycles. The van der Waals surface area contributed by atoms with Crippen molar-refractivity contribution in [2.45, 2.75) is 16.6 Å². The Balaban J connectivity index is 1.82. The summed E-state index contributed by atoms with van der Waals surface area (Å²) in [5.41, 5.74) is 2.85. The van der Waals surface area contributed by atoms with E-state index in [4.69, 9.17) is 11.6 Å². The van der Waals surface area contributed by atoms with Crippen LogP contribution in [-0.2, 0) is 0 Å². The first kappa shape index (κ1) is 12.0. The van der Waals surface area contributed by atoms with E-state index < -0.39 is 0 Å². The van der Waals surface area contributed by atoms with Gasteiger partial charge in [-0.2, -0.15) is 0 Å². The summed E-state index contributed by atoms with van der Waals surface area (Å²) < 4.78 is -0.163. The summed E-state index contributed by atoms with van der Waals surface area (Å²) >= 11 is 10.2. The third-order valence-electron chi connectivity index (χ3n) is 4.62. The van der Waals surface area contributed by atoms with Crippen LogP contribution < -0.4 is 0 Å². The molecule has 2 aromatic rings.